The fourth-order valence-corrected chi connectivity index (χ4v) is 3.22. The van der Waals surface area contributed by atoms with Gasteiger partial charge in [-0.15, -0.1) is 0 Å². The molecule has 0 saturated carbocycles. The van der Waals surface area contributed by atoms with Crippen molar-refractivity contribution in [2.24, 2.45) is 0 Å². The molecule has 1 saturated heterocycles. The lowest BCUT2D eigenvalue weighted by Crippen LogP contribution is -2.43. The number of carbonyl (C=O) groups is 2. The Hall–Kier alpha value is -2.62. The summed E-state index contributed by atoms with van der Waals surface area (Å²) in [5.74, 6) is -1.51. The molecule has 4 nitrogen and oxygen atoms in total. The van der Waals surface area contributed by atoms with Gasteiger partial charge in [0.2, 0.25) is 5.91 Å². The van der Waals surface area contributed by atoms with E-state index in [4.69, 9.17) is 0 Å². The number of benzene rings is 2. The standard InChI is InChI=1S/C19H19NO3/c21-18(20-13-7-12-16(20)19(22)23)17(14-8-3-1-4-9-14)15-10-5-2-6-11-15/h1-6,8-11,16-17H,7,12-13H2,(H,22,23). The summed E-state index contributed by atoms with van der Waals surface area (Å²) in [7, 11) is 0. The van der Waals surface area contributed by atoms with Gasteiger partial charge in [0.15, 0.2) is 0 Å². The largest absolute Gasteiger partial charge is 0.480 e. The topological polar surface area (TPSA) is 57.6 Å². The first kappa shape index (κ1) is 15.3. The molecular weight excluding hydrogens is 290 g/mol. The fourth-order valence-electron chi connectivity index (χ4n) is 3.22. The number of carboxylic acids is 1. The van der Waals surface area contributed by atoms with E-state index in [1.807, 2.05) is 60.7 Å². The van der Waals surface area contributed by atoms with Gasteiger partial charge in [-0.3, -0.25) is 4.79 Å². The molecule has 23 heavy (non-hydrogen) atoms. The summed E-state index contributed by atoms with van der Waals surface area (Å²) < 4.78 is 0. The van der Waals surface area contributed by atoms with Gasteiger partial charge in [-0.05, 0) is 24.0 Å². The summed E-state index contributed by atoms with van der Waals surface area (Å²) in [4.78, 5) is 26.1. The summed E-state index contributed by atoms with van der Waals surface area (Å²) in [6, 6.07) is 18.4. The maximum atomic E-state index is 13.1. The van der Waals surface area contributed by atoms with Crippen LogP contribution in [0, 0.1) is 0 Å². The van der Waals surface area contributed by atoms with Crippen LogP contribution in [-0.2, 0) is 9.59 Å². The van der Waals surface area contributed by atoms with Crippen LogP contribution in [0.15, 0.2) is 60.7 Å². The van der Waals surface area contributed by atoms with E-state index in [1.54, 1.807) is 0 Å². The summed E-state index contributed by atoms with van der Waals surface area (Å²) in [6.07, 6.45) is 1.26. The Kier molecular flexibility index (Phi) is 4.42. The zero-order chi connectivity index (χ0) is 16.2. The number of likely N-dealkylation sites (tertiary alicyclic amines) is 1. The third kappa shape index (κ3) is 3.11. The molecule has 118 valence electrons. The van der Waals surface area contributed by atoms with Crippen LogP contribution >= 0.6 is 0 Å². The van der Waals surface area contributed by atoms with Crippen molar-refractivity contribution in [2.75, 3.05) is 6.54 Å². The second-order valence-electron chi connectivity index (χ2n) is 5.78. The molecule has 2 aromatic rings. The van der Waals surface area contributed by atoms with Gasteiger partial charge in [0.25, 0.3) is 0 Å². The first-order valence-electron chi connectivity index (χ1n) is 7.81. The zero-order valence-electron chi connectivity index (χ0n) is 12.8. The summed E-state index contributed by atoms with van der Waals surface area (Å²) in [5.41, 5.74) is 1.78. The molecule has 0 aliphatic carbocycles. The quantitative estimate of drug-likeness (QED) is 0.945. The third-order valence-electron chi connectivity index (χ3n) is 4.33. The maximum absolute atomic E-state index is 13.1. The molecule has 1 fully saturated rings. The highest BCUT2D eigenvalue weighted by molar-refractivity contribution is 5.91. The van der Waals surface area contributed by atoms with Crippen LogP contribution in [0.4, 0.5) is 0 Å². The molecular formula is C19H19NO3. The highest BCUT2D eigenvalue weighted by Gasteiger charge is 2.38. The molecule has 2 aromatic carbocycles. The van der Waals surface area contributed by atoms with E-state index in [1.165, 1.54) is 4.90 Å². The van der Waals surface area contributed by atoms with Gasteiger partial charge in [0.05, 0.1) is 5.92 Å². The van der Waals surface area contributed by atoms with Gasteiger partial charge in [-0.2, -0.15) is 0 Å². The molecule has 0 aromatic heterocycles. The van der Waals surface area contributed by atoms with Gasteiger partial charge >= 0.3 is 5.97 Å². The average Bonchev–Trinajstić information content (AvgIpc) is 3.07. The molecule has 1 aliphatic rings. The van der Waals surface area contributed by atoms with Crippen LogP contribution in [0.5, 0.6) is 0 Å². The van der Waals surface area contributed by atoms with Gasteiger partial charge in [0, 0.05) is 6.54 Å². The van der Waals surface area contributed by atoms with Crippen molar-refractivity contribution >= 4 is 11.9 Å². The molecule has 4 heteroatoms. The molecule has 3 rings (SSSR count). The van der Waals surface area contributed by atoms with Gasteiger partial charge in [0.1, 0.15) is 6.04 Å². The van der Waals surface area contributed by atoms with Crippen LogP contribution < -0.4 is 0 Å². The molecule has 1 aliphatic heterocycles. The Balaban J connectivity index is 1.99. The van der Waals surface area contributed by atoms with Gasteiger partial charge in [-0.25, -0.2) is 4.79 Å². The van der Waals surface area contributed by atoms with Gasteiger partial charge < -0.3 is 10.0 Å². The van der Waals surface area contributed by atoms with Crippen molar-refractivity contribution in [3.05, 3.63) is 71.8 Å². The van der Waals surface area contributed by atoms with E-state index in [2.05, 4.69) is 0 Å². The Morgan fingerprint density at radius 1 is 0.957 bits per heavy atom. The second kappa shape index (κ2) is 6.65. The van der Waals surface area contributed by atoms with E-state index in [0.717, 1.165) is 17.5 Å². The Morgan fingerprint density at radius 3 is 1.96 bits per heavy atom. The average molecular weight is 309 g/mol. The van der Waals surface area contributed by atoms with Crippen LogP contribution in [0.3, 0.4) is 0 Å². The molecule has 0 spiro atoms. The minimum absolute atomic E-state index is 0.132. The lowest BCUT2D eigenvalue weighted by Gasteiger charge is -2.27. The monoisotopic (exact) mass is 309 g/mol. The first-order valence-corrected chi connectivity index (χ1v) is 7.81. The molecule has 1 unspecified atom stereocenters. The number of carboxylic acid groups (broad SMARTS) is 1. The number of hydrogen-bond acceptors (Lipinski definition) is 2. The van der Waals surface area contributed by atoms with Crippen molar-refractivity contribution in [3.63, 3.8) is 0 Å². The Morgan fingerprint density at radius 2 is 1.48 bits per heavy atom. The number of amides is 1. The van der Waals surface area contributed by atoms with Crippen molar-refractivity contribution in [1.82, 2.24) is 4.90 Å². The third-order valence-corrected chi connectivity index (χ3v) is 4.33. The SMILES string of the molecule is O=C(O)C1CCCN1C(=O)C(c1ccccc1)c1ccccc1. The Labute approximate surface area is 135 Å². The highest BCUT2D eigenvalue weighted by Crippen LogP contribution is 2.30. The first-order chi connectivity index (χ1) is 11.2. The second-order valence-corrected chi connectivity index (χ2v) is 5.78. The molecule has 0 bridgehead atoms. The van der Waals surface area contributed by atoms with E-state index >= 15 is 0 Å². The van der Waals surface area contributed by atoms with E-state index < -0.39 is 17.9 Å². The number of carbonyl (C=O) groups excluding carboxylic acids is 1. The molecule has 1 atom stereocenters. The van der Waals surface area contributed by atoms with E-state index in [-0.39, 0.29) is 5.91 Å². The van der Waals surface area contributed by atoms with Crippen LogP contribution in [0.25, 0.3) is 0 Å². The van der Waals surface area contributed by atoms with Gasteiger partial charge in [-0.1, -0.05) is 60.7 Å². The minimum Gasteiger partial charge on any atom is -0.480 e. The number of rotatable bonds is 4. The minimum atomic E-state index is -0.921. The summed E-state index contributed by atoms with van der Waals surface area (Å²) >= 11 is 0. The van der Waals surface area contributed by atoms with Crippen molar-refractivity contribution in [2.45, 2.75) is 24.8 Å². The maximum Gasteiger partial charge on any atom is 0.326 e. The Bertz CT molecular complexity index is 645. The molecule has 1 N–H and O–H groups in total. The van der Waals surface area contributed by atoms with Crippen molar-refractivity contribution < 1.29 is 14.7 Å². The lowest BCUT2D eigenvalue weighted by molar-refractivity contribution is -0.148. The molecule has 0 radical (unpaired) electrons. The lowest BCUT2D eigenvalue weighted by atomic mass is 9.90. The molecule has 1 amide bonds. The van der Waals surface area contributed by atoms with Crippen molar-refractivity contribution in [3.8, 4) is 0 Å². The summed E-state index contributed by atoms with van der Waals surface area (Å²) in [5, 5.41) is 9.36. The van der Waals surface area contributed by atoms with E-state index in [9.17, 15) is 14.7 Å². The highest BCUT2D eigenvalue weighted by atomic mass is 16.4. The zero-order valence-corrected chi connectivity index (χ0v) is 12.8. The number of aliphatic carboxylic acids is 1. The smallest absolute Gasteiger partial charge is 0.326 e. The molecule has 1 heterocycles. The normalized spacial score (nSPS) is 17.4. The fraction of sp³-hybridized carbons (Fsp3) is 0.263. The summed E-state index contributed by atoms with van der Waals surface area (Å²) in [6.45, 7) is 0.506. The van der Waals surface area contributed by atoms with Crippen LogP contribution in [0.2, 0.25) is 0 Å². The van der Waals surface area contributed by atoms with Crippen molar-refractivity contribution in [1.29, 1.82) is 0 Å². The van der Waals surface area contributed by atoms with E-state index in [0.29, 0.717) is 13.0 Å². The number of hydrogen-bond donors (Lipinski definition) is 1. The van der Waals surface area contributed by atoms with Crippen LogP contribution in [-0.4, -0.2) is 34.5 Å². The number of nitrogens with zero attached hydrogens (tertiary/aromatic N) is 1. The predicted molar refractivity (Wildman–Crippen MR) is 87.1 cm³/mol. The van der Waals surface area contributed by atoms with Crippen LogP contribution in [0.1, 0.15) is 29.9 Å². The predicted octanol–water partition coefficient (Wildman–Crippen LogP) is 2.89.